The number of anilines is 1. The monoisotopic (exact) mass is 392 g/mol. The lowest BCUT2D eigenvalue weighted by Crippen LogP contribution is -2.15. The van der Waals surface area contributed by atoms with E-state index < -0.39 is 10.0 Å². The third-order valence-corrected chi connectivity index (χ3v) is 5.97. The summed E-state index contributed by atoms with van der Waals surface area (Å²) in [6.45, 7) is 2.27. The van der Waals surface area contributed by atoms with Crippen LogP contribution in [0.4, 0.5) is 5.13 Å². The summed E-state index contributed by atoms with van der Waals surface area (Å²) in [7, 11) is -3.74. The van der Waals surface area contributed by atoms with Gasteiger partial charge < -0.3 is 9.73 Å². The van der Waals surface area contributed by atoms with Crippen LogP contribution in [0.25, 0.3) is 0 Å². The van der Waals surface area contributed by atoms with E-state index in [9.17, 15) is 8.42 Å². The SMILES string of the molecule is Cc1nnc(NS(=O)(=O)c2cc(CNC3CC3)oc2Br)s1. The number of hydrogen-bond acceptors (Lipinski definition) is 7. The summed E-state index contributed by atoms with van der Waals surface area (Å²) >= 11 is 4.32. The second kappa shape index (κ2) is 5.67. The molecule has 1 saturated carbocycles. The molecule has 1 fully saturated rings. The molecule has 0 unspecified atom stereocenters. The molecule has 0 radical (unpaired) electrons. The Morgan fingerprint density at radius 3 is 2.86 bits per heavy atom. The number of rotatable bonds is 6. The Morgan fingerprint density at radius 2 is 2.24 bits per heavy atom. The smallest absolute Gasteiger partial charge is 0.268 e. The first-order valence-electron chi connectivity index (χ1n) is 6.28. The van der Waals surface area contributed by atoms with Crippen molar-refractivity contribution in [2.75, 3.05) is 4.72 Å². The molecule has 21 heavy (non-hydrogen) atoms. The molecule has 2 aromatic heterocycles. The van der Waals surface area contributed by atoms with Crippen molar-refractivity contribution in [3.05, 3.63) is 21.5 Å². The molecule has 114 valence electrons. The first kappa shape index (κ1) is 14.9. The van der Waals surface area contributed by atoms with Crippen molar-refractivity contribution < 1.29 is 12.8 Å². The standard InChI is InChI=1S/C11H13BrN4O3S2/c1-6-14-15-11(20-6)16-21(17,18)9-4-8(19-10(9)12)5-13-7-2-3-7/h4,7,13H,2-3,5H2,1H3,(H,15,16). The minimum atomic E-state index is -3.74. The van der Waals surface area contributed by atoms with Gasteiger partial charge in [0.05, 0.1) is 6.54 Å². The lowest BCUT2D eigenvalue weighted by atomic mass is 10.4. The Kier molecular flexibility index (Phi) is 4.04. The average molecular weight is 393 g/mol. The van der Waals surface area contributed by atoms with E-state index in [2.05, 4.69) is 36.2 Å². The van der Waals surface area contributed by atoms with E-state index in [4.69, 9.17) is 4.42 Å². The van der Waals surface area contributed by atoms with Crippen LogP contribution in [-0.4, -0.2) is 24.7 Å². The zero-order valence-corrected chi connectivity index (χ0v) is 14.3. The van der Waals surface area contributed by atoms with E-state index >= 15 is 0 Å². The number of nitrogens with zero attached hydrogens (tertiary/aromatic N) is 2. The van der Waals surface area contributed by atoms with Gasteiger partial charge in [-0.25, -0.2) is 8.42 Å². The summed E-state index contributed by atoms with van der Waals surface area (Å²) in [5, 5.41) is 11.7. The summed E-state index contributed by atoms with van der Waals surface area (Å²) in [6.07, 6.45) is 2.32. The van der Waals surface area contributed by atoms with Gasteiger partial charge in [0.15, 0.2) is 4.67 Å². The molecule has 1 aliphatic rings. The predicted molar refractivity (Wildman–Crippen MR) is 81.7 cm³/mol. The predicted octanol–water partition coefficient (Wildman–Crippen LogP) is 2.25. The van der Waals surface area contributed by atoms with Crippen LogP contribution in [0.2, 0.25) is 0 Å². The van der Waals surface area contributed by atoms with Gasteiger partial charge in [-0.1, -0.05) is 11.3 Å². The van der Waals surface area contributed by atoms with E-state index in [1.54, 1.807) is 6.92 Å². The number of furan rings is 1. The fourth-order valence-corrected chi connectivity index (χ4v) is 4.53. The maximum absolute atomic E-state index is 12.3. The van der Waals surface area contributed by atoms with E-state index in [1.165, 1.54) is 17.4 Å². The minimum absolute atomic E-state index is 0.0583. The lowest BCUT2D eigenvalue weighted by Gasteiger charge is -2.01. The maximum Gasteiger partial charge on any atom is 0.268 e. The number of halogens is 1. The van der Waals surface area contributed by atoms with E-state index in [0.29, 0.717) is 23.4 Å². The number of hydrogen-bond donors (Lipinski definition) is 2. The average Bonchev–Trinajstić information content (AvgIpc) is 3.03. The third-order valence-electron chi connectivity index (χ3n) is 2.89. The summed E-state index contributed by atoms with van der Waals surface area (Å²) in [5.74, 6) is 0.572. The van der Waals surface area contributed by atoms with Crippen molar-refractivity contribution in [2.24, 2.45) is 0 Å². The van der Waals surface area contributed by atoms with Crippen molar-refractivity contribution in [1.29, 1.82) is 0 Å². The molecule has 10 heteroatoms. The van der Waals surface area contributed by atoms with Gasteiger partial charge in [-0.3, -0.25) is 4.72 Å². The first-order valence-corrected chi connectivity index (χ1v) is 9.38. The molecular formula is C11H13BrN4O3S2. The highest BCUT2D eigenvalue weighted by Crippen LogP contribution is 2.29. The van der Waals surface area contributed by atoms with Gasteiger partial charge >= 0.3 is 0 Å². The van der Waals surface area contributed by atoms with Gasteiger partial charge in [-0.15, -0.1) is 10.2 Å². The molecule has 0 amide bonds. The Morgan fingerprint density at radius 1 is 1.48 bits per heavy atom. The zero-order chi connectivity index (χ0) is 15.0. The third kappa shape index (κ3) is 3.62. The van der Waals surface area contributed by atoms with Crippen LogP contribution in [0.15, 0.2) is 20.0 Å². The fourth-order valence-electron chi connectivity index (χ4n) is 1.71. The van der Waals surface area contributed by atoms with E-state index in [1.807, 2.05) is 0 Å². The molecule has 0 aromatic carbocycles. The van der Waals surface area contributed by atoms with E-state index in [0.717, 1.165) is 12.8 Å². The van der Waals surface area contributed by atoms with Gasteiger partial charge in [-0.05, 0) is 35.7 Å². The topological polar surface area (TPSA) is 97.1 Å². The lowest BCUT2D eigenvalue weighted by molar-refractivity contribution is 0.460. The molecular weight excluding hydrogens is 380 g/mol. The summed E-state index contributed by atoms with van der Waals surface area (Å²) in [6, 6.07) is 2.03. The zero-order valence-electron chi connectivity index (χ0n) is 11.1. The molecule has 1 aliphatic carbocycles. The molecule has 0 saturated heterocycles. The summed E-state index contributed by atoms with van der Waals surface area (Å²) < 4.78 is 32.6. The van der Waals surface area contributed by atoms with Gasteiger partial charge in [0.1, 0.15) is 15.7 Å². The number of sulfonamides is 1. The number of aromatic nitrogens is 2. The summed E-state index contributed by atoms with van der Waals surface area (Å²) in [5.41, 5.74) is 0. The second-order valence-electron chi connectivity index (χ2n) is 4.74. The molecule has 0 bridgehead atoms. The van der Waals surface area contributed by atoms with Gasteiger partial charge in [0.25, 0.3) is 10.0 Å². The highest BCUT2D eigenvalue weighted by atomic mass is 79.9. The van der Waals surface area contributed by atoms with Crippen LogP contribution >= 0.6 is 27.3 Å². The largest absolute Gasteiger partial charge is 0.451 e. The highest BCUT2D eigenvalue weighted by Gasteiger charge is 2.25. The second-order valence-corrected chi connectivity index (χ2v) is 8.29. The molecule has 2 N–H and O–H groups in total. The summed E-state index contributed by atoms with van der Waals surface area (Å²) in [4.78, 5) is 0.0583. The Labute approximate surface area is 134 Å². The van der Waals surface area contributed by atoms with Crippen molar-refractivity contribution in [1.82, 2.24) is 15.5 Å². The van der Waals surface area contributed by atoms with Gasteiger partial charge in [0, 0.05) is 12.1 Å². The Hall–Kier alpha value is -0.970. The first-order chi connectivity index (χ1) is 9.94. The van der Waals surface area contributed by atoms with Crippen molar-refractivity contribution in [3.63, 3.8) is 0 Å². The quantitative estimate of drug-likeness (QED) is 0.782. The molecule has 0 spiro atoms. The molecule has 3 rings (SSSR count). The molecule has 0 aliphatic heterocycles. The van der Waals surface area contributed by atoms with Crippen LogP contribution < -0.4 is 10.0 Å². The molecule has 7 nitrogen and oxygen atoms in total. The van der Waals surface area contributed by atoms with Crippen LogP contribution in [0, 0.1) is 6.92 Å². The maximum atomic E-state index is 12.3. The number of aryl methyl sites for hydroxylation is 1. The van der Waals surface area contributed by atoms with Gasteiger partial charge in [0.2, 0.25) is 5.13 Å². The van der Waals surface area contributed by atoms with Crippen LogP contribution in [-0.2, 0) is 16.6 Å². The highest BCUT2D eigenvalue weighted by molar-refractivity contribution is 9.10. The van der Waals surface area contributed by atoms with Crippen molar-refractivity contribution in [2.45, 2.75) is 37.2 Å². The fraction of sp³-hybridized carbons (Fsp3) is 0.455. The van der Waals surface area contributed by atoms with Crippen LogP contribution in [0.3, 0.4) is 0 Å². The molecule has 0 atom stereocenters. The number of nitrogens with one attached hydrogen (secondary N) is 2. The van der Waals surface area contributed by atoms with Crippen molar-refractivity contribution in [3.8, 4) is 0 Å². The van der Waals surface area contributed by atoms with E-state index in [-0.39, 0.29) is 14.7 Å². The Balaban J connectivity index is 1.77. The Bertz CT molecular complexity index is 751. The minimum Gasteiger partial charge on any atom is -0.451 e. The van der Waals surface area contributed by atoms with Crippen LogP contribution in [0.5, 0.6) is 0 Å². The van der Waals surface area contributed by atoms with Crippen molar-refractivity contribution >= 4 is 42.4 Å². The van der Waals surface area contributed by atoms with Crippen LogP contribution in [0.1, 0.15) is 23.6 Å². The molecule has 2 heterocycles. The molecule has 2 aromatic rings. The van der Waals surface area contributed by atoms with Gasteiger partial charge in [-0.2, -0.15) is 0 Å². The normalized spacial score (nSPS) is 15.3.